The van der Waals surface area contributed by atoms with Crippen LogP contribution in [-0.2, 0) is 22.7 Å². The van der Waals surface area contributed by atoms with Gasteiger partial charge < -0.3 is 14.7 Å². The summed E-state index contributed by atoms with van der Waals surface area (Å²) >= 11 is 0. The summed E-state index contributed by atoms with van der Waals surface area (Å²) in [5.74, 6) is -2.41. The summed E-state index contributed by atoms with van der Waals surface area (Å²) in [6, 6.07) is 2.15. The average Bonchev–Trinajstić information content (AvgIpc) is 3.24. The van der Waals surface area contributed by atoms with E-state index in [9.17, 15) is 18.4 Å². The molecule has 0 N–H and O–H groups in total. The fraction of sp³-hybridized carbons (Fsp3) is 0.524. The maximum absolute atomic E-state index is 14.2. The van der Waals surface area contributed by atoms with E-state index in [0.29, 0.717) is 30.8 Å². The van der Waals surface area contributed by atoms with Crippen LogP contribution in [0.25, 0.3) is 0 Å². The molecule has 0 aliphatic carbocycles. The number of amides is 2. The molecule has 0 bridgehead atoms. The highest BCUT2D eigenvalue weighted by Gasteiger charge is 2.24. The summed E-state index contributed by atoms with van der Waals surface area (Å²) in [5, 5.41) is 3.97. The minimum absolute atomic E-state index is 0.00749. The van der Waals surface area contributed by atoms with Crippen LogP contribution in [-0.4, -0.2) is 69.6 Å². The third kappa shape index (κ3) is 5.84. The van der Waals surface area contributed by atoms with E-state index in [0.717, 1.165) is 31.6 Å². The van der Waals surface area contributed by atoms with E-state index in [2.05, 4.69) is 15.0 Å². The van der Waals surface area contributed by atoms with Crippen LogP contribution >= 0.6 is 0 Å². The Morgan fingerprint density at radius 1 is 1.03 bits per heavy atom. The first-order chi connectivity index (χ1) is 14.9. The number of fused-ring (bicyclic) bond motifs is 1. The number of anilines is 1. The zero-order valence-corrected chi connectivity index (χ0v) is 17.9. The van der Waals surface area contributed by atoms with E-state index in [1.54, 1.807) is 11.8 Å². The lowest BCUT2D eigenvalue weighted by Gasteiger charge is -2.31. The molecule has 2 aromatic rings. The Bertz CT molecular complexity index is 906. The van der Waals surface area contributed by atoms with Gasteiger partial charge in [0.2, 0.25) is 11.8 Å². The number of benzene rings is 1. The molecule has 0 saturated carbocycles. The molecule has 0 atom stereocenters. The van der Waals surface area contributed by atoms with E-state index in [1.165, 1.54) is 22.2 Å². The molecular weight excluding hydrogens is 406 g/mol. The highest BCUT2D eigenvalue weighted by atomic mass is 19.2. The SMILES string of the molecule is CCC(=O)N1CCCN(C)CCCN(C(=O)Cn2cncn2)Cc2cc(F)c(F)cc21. The van der Waals surface area contributed by atoms with E-state index < -0.39 is 11.6 Å². The van der Waals surface area contributed by atoms with Gasteiger partial charge in [0.05, 0.1) is 5.69 Å². The van der Waals surface area contributed by atoms with Crippen molar-refractivity contribution in [2.45, 2.75) is 39.3 Å². The molecule has 168 valence electrons. The van der Waals surface area contributed by atoms with Crippen molar-refractivity contribution >= 4 is 17.5 Å². The first-order valence-corrected chi connectivity index (χ1v) is 10.5. The van der Waals surface area contributed by atoms with Gasteiger partial charge in [-0.05, 0) is 44.6 Å². The van der Waals surface area contributed by atoms with Gasteiger partial charge in [0.1, 0.15) is 19.2 Å². The predicted molar refractivity (Wildman–Crippen MR) is 111 cm³/mol. The van der Waals surface area contributed by atoms with E-state index in [1.807, 2.05) is 7.05 Å². The van der Waals surface area contributed by atoms with Crippen LogP contribution in [0.5, 0.6) is 0 Å². The summed E-state index contributed by atoms with van der Waals surface area (Å²) in [6.45, 7) is 4.15. The van der Waals surface area contributed by atoms with Gasteiger partial charge in [-0.1, -0.05) is 6.92 Å². The molecule has 2 amide bonds. The number of halogens is 2. The fourth-order valence-electron chi connectivity index (χ4n) is 3.72. The van der Waals surface area contributed by atoms with Crippen molar-refractivity contribution in [2.75, 3.05) is 38.1 Å². The third-order valence-electron chi connectivity index (χ3n) is 5.38. The molecule has 10 heteroatoms. The Kier molecular flexibility index (Phi) is 7.67. The Balaban J connectivity index is 1.98. The molecule has 3 rings (SSSR count). The van der Waals surface area contributed by atoms with E-state index in [-0.39, 0.29) is 31.3 Å². The number of rotatable bonds is 3. The van der Waals surface area contributed by atoms with Crippen molar-refractivity contribution in [1.29, 1.82) is 0 Å². The van der Waals surface area contributed by atoms with Gasteiger partial charge in [-0.3, -0.25) is 9.59 Å². The normalized spacial score (nSPS) is 16.4. The second kappa shape index (κ2) is 10.4. The summed E-state index contributed by atoms with van der Waals surface area (Å²) in [6.07, 6.45) is 4.47. The molecule has 0 radical (unpaired) electrons. The molecule has 1 aliphatic heterocycles. The molecule has 0 unspecified atom stereocenters. The first kappa shape index (κ1) is 22.8. The highest BCUT2D eigenvalue weighted by molar-refractivity contribution is 5.94. The lowest BCUT2D eigenvalue weighted by molar-refractivity contribution is -0.132. The largest absolute Gasteiger partial charge is 0.337 e. The average molecular weight is 434 g/mol. The van der Waals surface area contributed by atoms with Gasteiger partial charge in [0.15, 0.2) is 11.6 Å². The van der Waals surface area contributed by atoms with Crippen LogP contribution in [0.2, 0.25) is 0 Å². The van der Waals surface area contributed by atoms with Crippen molar-refractivity contribution in [3.63, 3.8) is 0 Å². The Morgan fingerprint density at radius 3 is 2.42 bits per heavy atom. The minimum atomic E-state index is -1.02. The van der Waals surface area contributed by atoms with Gasteiger partial charge in [0.25, 0.3) is 0 Å². The molecule has 0 spiro atoms. The summed E-state index contributed by atoms with van der Waals surface area (Å²) in [5.41, 5.74) is 0.717. The smallest absolute Gasteiger partial charge is 0.244 e. The summed E-state index contributed by atoms with van der Waals surface area (Å²) in [4.78, 5) is 34.7. The number of nitrogens with zero attached hydrogens (tertiary/aromatic N) is 6. The van der Waals surface area contributed by atoms with Crippen molar-refractivity contribution in [3.8, 4) is 0 Å². The molecule has 1 aromatic carbocycles. The van der Waals surface area contributed by atoms with Crippen LogP contribution in [0.4, 0.5) is 14.5 Å². The standard InChI is InChI=1S/C21H28F2N6O2/c1-3-20(30)29-9-5-7-26(2)6-4-8-27(21(31)13-28-15-24-14-25-28)12-16-10-17(22)18(23)11-19(16)29/h10-11,14-15H,3-9,12-13H2,1-2H3. The number of hydrogen-bond acceptors (Lipinski definition) is 5. The first-order valence-electron chi connectivity index (χ1n) is 10.5. The van der Waals surface area contributed by atoms with Crippen molar-refractivity contribution < 1.29 is 18.4 Å². The zero-order valence-electron chi connectivity index (χ0n) is 17.9. The van der Waals surface area contributed by atoms with Gasteiger partial charge in [-0.25, -0.2) is 18.4 Å². The summed E-state index contributed by atoms with van der Waals surface area (Å²) in [7, 11) is 1.99. The quantitative estimate of drug-likeness (QED) is 0.739. The summed E-state index contributed by atoms with van der Waals surface area (Å²) < 4.78 is 29.7. The molecule has 0 saturated heterocycles. The molecule has 1 aromatic heterocycles. The molecular formula is C21H28F2N6O2. The van der Waals surface area contributed by atoms with Crippen LogP contribution in [0.3, 0.4) is 0 Å². The van der Waals surface area contributed by atoms with Crippen LogP contribution in [0, 0.1) is 11.6 Å². The zero-order chi connectivity index (χ0) is 22.4. The molecule has 8 nitrogen and oxygen atoms in total. The van der Waals surface area contributed by atoms with Crippen molar-refractivity contribution in [1.82, 2.24) is 24.6 Å². The monoisotopic (exact) mass is 434 g/mol. The van der Waals surface area contributed by atoms with E-state index >= 15 is 0 Å². The van der Waals surface area contributed by atoms with Crippen molar-refractivity contribution in [2.24, 2.45) is 0 Å². The Morgan fingerprint density at radius 2 is 1.74 bits per heavy atom. The predicted octanol–water partition coefficient (Wildman–Crippen LogP) is 2.05. The highest BCUT2D eigenvalue weighted by Crippen LogP contribution is 2.27. The molecule has 2 heterocycles. The maximum Gasteiger partial charge on any atom is 0.244 e. The second-order valence-electron chi connectivity index (χ2n) is 7.71. The molecule has 31 heavy (non-hydrogen) atoms. The molecule has 1 aliphatic rings. The minimum Gasteiger partial charge on any atom is -0.337 e. The number of hydrogen-bond donors (Lipinski definition) is 0. The van der Waals surface area contributed by atoms with E-state index in [4.69, 9.17) is 0 Å². The van der Waals surface area contributed by atoms with Crippen molar-refractivity contribution in [3.05, 3.63) is 42.0 Å². The van der Waals surface area contributed by atoms with Crippen LogP contribution in [0.1, 0.15) is 31.7 Å². The van der Waals surface area contributed by atoms with Crippen LogP contribution < -0.4 is 4.90 Å². The maximum atomic E-state index is 14.2. The Hall–Kier alpha value is -2.88. The number of aromatic nitrogens is 3. The van der Waals surface area contributed by atoms with Gasteiger partial charge in [-0.15, -0.1) is 0 Å². The lowest BCUT2D eigenvalue weighted by Crippen LogP contribution is -2.39. The lowest BCUT2D eigenvalue weighted by atomic mass is 10.1. The van der Waals surface area contributed by atoms with Gasteiger partial charge in [-0.2, -0.15) is 5.10 Å². The third-order valence-corrected chi connectivity index (χ3v) is 5.38. The van der Waals surface area contributed by atoms with Crippen LogP contribution in [0.15, 0.2) is 24.8 Å². The number of carbonyl (C=O) groups is 2. The second-order valence-corrected chi connectivity index (χ2v) is 7.71. The van der Waals surface area contributed by atoms with Gasteiger partial charge in [0, 0.05) is 32.1 Å². The topological polar surface area (TPSA) is 74.6 Å². The number of carbonyl (C=O) groups excluding carboxylic acids is 2. The molecule has 0 fully saturated rings. The Labute approximate surface area is 180 Å². The fourth-order valence-corrected chi connectivity index (χ4v) is 3.72. The van der Waals surface area contributed by atoms with Gasteiger partial charge >= 0.3 is 0 Å².